The number of alkyl halides is 3. The zero-order valence-corrected chi connectivity index (χ0v) is 29.1. The van der Waals surface area contributed by atoms with Gasteiger partial charge in [-0.05, 0) is 96.1 Å². The van der Waals surface area contributed by atoms with Gasteiger partial charge in [0, 0.05) is 32.7 Å². The van der Waals surface area contributed by atoms with Crippen molar-refractivity contribution in [3.05, 3.63) is 167 Å². The normalized spacial score (nSPS) is 11.4. The minimum atomic E-state index is -4.77. The third kappa shape index (κ3) is 5.16. The van der Waals surface area contributed by atoms with Crippen LogP contribution in [0.2, 0.25) is 0 Å². The fourth-order valence-corrected chi connectivity index (χ4v) is 7.91. The van der Waals surface area contributed by atoms with Crippen molar-refractivity contribution in [3.63, 3.8) is 0 Å². The first-order chi connectivity index (χ1) is 27.2. The van der Waals surface area contributed by atoms with Crippen LogP contribution in [0.1, 0.15) is 27.8 Å². The molecule has 0 radical (unpaired) electrons. The summed E-state index contributed by atoms with van der Waals surface area (Å²) in [5.41, 5.74) is 5.51. The molecule has 0 aliphatic heterocycles. The lowest BCUT2D eigenvalue weighted by Crippen LogP contribution is -2.08. The Hall–Kier alpha value is -8.11. The van der Waals surface area contributed by atoms with Gasteiger partial charge in [-0.1, -0.05) is 54.6 Å². The predicted molar refractivity (Wildman–Crippen MR) is 210 cm³/mol. The molecule has 0 spiro atoms. The second-order valence-electron chi connectivity index (χ2n) is 13.3. The monoisotopic (exact) mass is 728 g/mol. The van der Waals surface area contributed by atoms with Crippen LogP contribution in [-0.4, -0.2) is 9.13 Å². The van der Waals surface area contributed by atoms with Crippen LogP contribution in [-0.2, 0) is 6.18 Å². The van der Waals surface area contributed by atoms with Crippen LogP contribution in [0.5, 0.6) is 0 Å². The zero-order chi connectivity index (χ0) is 38.7. The van der Waals surface area contributed by atoms with E-state index in [1.165, 1.54) is 12.1 Å². The zero-order valence-electron chi connectivity index (χ0n) is 29.1. The molecule has 56 heavy (non-hydrogen) atoms. The average Bonchev–Trinajstić information content (AvgIpc) is 3.74. The van der Waals surface area contributed by atoms with Gasteiger partial charge in [0.05, 0.1) is 85.5 Å². The SMILES string of the molecule is N#Cc1ccc(-c2ccc(-n3c4ccccc4c4cc(C#N)ccc43)c(-c3c(C#N)cccc3-n3c4ccccc4c4cc(C#N)ccc43)c2)c(C(F)(F)F)c1. The Morgan fingerprint density at radius 3 is 1.54 bits per heavy atom. The first kappa shape index (κ1) is 33.7. The Bertz CT molecular complexity index is 3300. The summed E-state index contributed by atoms with van der Waals surface area (Å²) in [6.45, 7) is 0. The van der Waals surface area contributed by atoms with Crippen molar-refractivity contribution in [3.8, 4) is 57.9 Å². The highest BCUT2D eigenvalue weighted by Crippen LogP contribution is 2.45. The van der Waals surface area contributed by atoms with Crippen LogP contribution in [0, 0.1) is 45.3 Å². The number of fused-ring (bicyclic) bond motifs is 6. The summed E-state index contributed by atoms with van der Waals surface area (Å²) in [6.07, 6.45) is -4.77. The summed E-state index contributed by atoms with van der Waals surface area (Å²) in [7, 11) is 0. The van der Waals surface area contributed by atoms with Crippen molar-refractivity contribution in [2.24, 2.45) is 0 Å². The molecule has 0 unspecified atom stereocenters. The molecule has 9 heteroatoms. The van der Waals surface area contributed by atoms with E-state index in [1.54, 1.807) is 42.5 Å². The van der Waals surface area contributed by atoms with Gasteiger partial charge in [0.1, 0.15) is 0 Å². The van der Waals surface area contributed by atoms with Crippen LogP contribution in [0.4, 0.5) is 13.2 Å². The summed E-state index contributed by atoms with van der Waals surface area (Å²) < 4.78 is 48.1. The van der Waals surface area contributed by atoms with E-state index in [0.29, 0.717) is 33.6 Å². The third-order valence-corrected chi connectivity index (χ3v) is 10.3. The minimum absolute atomic E-state index is 0.122. The molecule has 0 saturated carbocycles. The molecule has 9 aromatic rings. The van der Waals surface area contributed by atoms with Gasteiger partial charge in [-0.3, -0.25) is 0 Å². The highest BCUT2D eigenvalue weighted by atomic mass is 19.4. The number of halogens is 3. The van der Waals surface area contributed by atoms with Gasteiger partial charge in [0.15, 0.2) is 0 Å². The Kier molecular flexibility index (Phi) is 7.69. The lowest BCUT2D eigenvalue weighted by Gasteiger charge is -2.21. The number of nitriles is 4. The molecule has 262 valence electrons. The minimum Gasteiger partial charge on any atom is -0.309 e. The maximum absolute atomic E-state index is 14.7. The maximum atomic E-state index is 14.7. The molecule has 0 fully saturated rings. The third-order valence-electron chi connectivity index (χ3n) is 10.3. The second-order valence-corrected chi connectivity index (χ2v) is 13.3. The van der Waals surface area contributed by atoms with Crippen molar-refractivity contribution >= 4 is 43.6 Å². The van der Waals surface area contributed by atoms with E-state index < -0.39 is 11.7 Å². The predicted octanol–water partition coefficient (Wildman–Crippen LogP) is 11.7. The Morgan fingerprint density at radius 2 is 0.964 bits per heavy atom. The molecule has 0 amide bonds. The molecule has 0 atom stereocenters. The number of nitrogens with zero attached hydrogens (tertiary/aromatic N) is 6. The summed E-state index contributed by atoms with van der Waals surface area (Å²) in [5.74, 6) is 0. The topological polar surface area (TPSA) is 105 Å². The van der Waals surface area contributed by atoms with E-state index in [9.17, 15) is 34.2 Å². The molecule has 0 aliphatic rings. The standard InChI is InChI=1S/C47H23F3N6/c48-47(49,50)39-22-30(26-53)12-16-33(39)31-15-19-44(55-40-9-3-1-7-34(40)36-20-28(24-51)13-17-42(36)55)38(23-31)46-32(27-54)6-5-11-45(46)56-41-10-4-2-8-35(41)37-21-29(25-52)14-18-43(37)56/h1-23H. The van der Waals surface area contributed by atoms with Gasteiger partial charge >= 0.3 is 6.18 Å². The quantitative estimate of drug-likeness (QED) is 0.180. The Balaban J connectivity index is 1.45. The Morgan fingerprint density at radius 1 is 0.429 bits per heavy atom. The fraction of sp³-hybridized carbons (Fsp3) is 0.0213. The van der Waals surface area contributed by atoms with Crippen LogP contribution in [0.25, 0.3) is 77.2 Å². The Labute approximate surface area is 317 Å². The molecule has 0 N–H and O–H groups in total. The van der Waals surface area contributed by atoms with E-state index in [0.717, 1.165) is 49.7 Å². The largest absolute Gasteiger partial charge is 0.417 e. The smallest absolute Gasteiger partial charge is 0.309 e. The fourth-order valence-electron chi connectivity index (χ4n) is 7.91. The van der Waals surface area contributed by atoms with E-state index in [-0.39, 0.29) is 22.3 Å². The van der Waals surface area contributed by atoms with Crippen LogP contribution >= 0.6 is 0 Å². The molecule has 0 aliphatic carbocycles. The van der Waals surface area contributed by atoms with Crippen LogP contribution < -0.4 is 0 Å². The van der Waals surface area contributed by atoms with Crippen molar-refractivity contribution < 1.29 is 13.2 Å². The van der Waals surface area contributed by atoms with Crippen molar-refractivity contribution in [2.75, 3.05) is 0 Å². The second kappa shape index (κ2) is 12.8. The molecule has 0 saturated heterocycles. The molecule has 6 nitrogen and oxygen atoms in total. The van der Waals surface area contributed by atoms with Crippen LogP contribution in [0.3, 0.4) is 0 Å². The van der Waals surface area contributed by atoms with Gasteiger partial charge in [-0.25, -0.2) is 0 Å². The van der Waals surface area contributed by atoms with E-state index in [4.69, 9.17) is 0 Å². The number of benzene rings is 7. The number of rotatable bonds is 4. The summed E-state index contributed by atoms with van der Waals surface area (Å²) in [6, 6.07) is 48.8. The van der Waals surface area contributed by atoms with Gasteiger partial charge in [-0.2, -0.15) is 34.2 Å². The number of aromatic nitrogens is 2. The summed E-state index contributed by atoms with van der Waals surface area (Å²) in [5, 5.41) is 43.3. The van der Waals surface area contributed by atoms with Crippen LogP contribution in [0.15, 0.2) is 140 Å². The van der Waals surface area contributed by atoms with Gasteiger partial charge in [-0.15, -0.1) is 0 Å². The van der Waals surface area contributed by atoms with E-state index in [1.807, 2.05) is 94.1 Å². The lowest BCUT2D eigenvalue weighted by molar-refractivity contribution is -0.137. The number of para-hydroxylation sites is 2. The summed E-state index contributed by atoms with van der Waals surface area (Å²) >= 11 is 0. The van der Waals surface area contributed by atoms with Crippen molar-refractivity contribution in [2.45, 2.75) is 6.18 Å². The molecular weight excluding hydrogens is 706 g/mol. The van der Waals surface area contributed by atoms with Gasteiger partial charge in [0.25, 0.3) is 0 Å². The van der Waals surface area contributed by atoms with Crippen molar-refractivity contribution in [1.82, 2.24) is 9.13 Å². The highest BCUT2D eigenvalue weighted by Gasteiger charge is 2.34. The maximum Gasteiger partial charge on any atom is 0.417 e. The number of hydrogen-bond acceptors (Lipinski definition) is 4. The molecule has 0 bridgehead atoms. The highest BCUT2D eigenvalue weighted by molar-refractivity contribution is 6.12. The molecule has 2 aromatic heterocycles. The summed E-state index contributed by atoms with van der Waals surface area (Å²) in [4.78, 5) is 0. The molecule has 9 rings (SSSR count). The van der Waals surface area contributed by atoms with E-state index in [2.05, 4.69) is 18.2 Å². The number of hydrogen-bond donors (Lipinski definition) is 0. The molecule has 2 heterocycles. The first-order valence-corrected chi connectivity index (χ1v) is 17.4. The molecular formula is C47H23F3N6. The van der Waals surface area contributed by atoms with Crippen molar-refractivity contribution in [1.29, 1.82) is 21.0 Å². The molecule has 7 aromatic carbocycles. The van der Waals surface area contributed by atoms with Gasteiger partial charge < -0.3 is 9.13 Å². The van der Waals surface area contributed by atoms with E-state index >= 15 is 0 Å². The first-order valence-electron chi connectivity index (χ1n) is 17.4. The lowest BCUT2D eigenvalue weighted by atomic mass is 9.90. The van der Waals surface area contributed by atoms with Gasteiger partial charge in [0.2, 0.25) is 0 Å². The average molecular weight is 729 g/mol.